The van der Waals surface area contributed by atoms with Crippen LogP contribution < -0.4 is 5.56 Å². The van der Waals surface area contributed by atoms with Gasteiger partial charge in [-0.1, -0.05) is 30.3 Å². The predicted molar refractivity (Wildman–Crippen MR) is 129 cm³/mol. The Labute approximate surface area is 199 Å². The smallest absolute Gasteiger partial charge is 0.275 e. The first kappa shape index (κ1) is 21.6. The van der Waals surface area contributed by atoms with Crippen LogP contribution in [-0.4, -0.2) is 32.8 Å². The molecule has 35 heavy (non-hydrogen) atoms. The van der Waals surface area contributed by atoms with Gasteiger partial charge in [0.2, 0.25) is 0 Å². The third-order valence-corrected chi connectivity index (χ3v) is 6.64. The summed E-state index contributed by atoms with van der Waals surface area (Å²) in [6.07, 6.45) is 1.70. The quantitative estimate of drug-likeness (QED) is 0.354. The molecule has 2 aromatic heterocycles. The van der Waals surface area contributed by atoms with Gasteiger partial charge in [0.25, 0.3) is 5.56 Å². The number of nitrogens with zero attached hydrogens (tertiary/aromatic N) is 4. The number of hydrogen-bond acceptors (Lipinski definition) is 5. The van der Waals surface area contributed by atoms with E-state index in [0.717, 1.165) is 55.1 Å². The summed E-state index contributed by atoms with van der Waals surface area (Å²) in [6, 6.07) is 18.5. The maximum absolute atomic E-state index is 14.0. The Bertz CT molecular complexity index is 1570. The second kappa shape index (κ2) is 8.70. The molecule has 0 saturated carbocycles. The predicted octanol–water partition coefficient (Wildman–Crippen LogP) is 5.32. The van der Waals surface area contributed by atoms with E-state index in [4.69, 9.17) is 4.42 Å². The number of benzene rings is 3. The van der Waals surface area contributed by atoms with E-state index in [0.29, 0.717) is 28.7 Å². The first-order valence-corrected chi connectivity index (χ1v) is 11.6. The summed E-state index contributed by atoms with van der Waals surface area (Å²) in [7, 11) is 0. The van der Waals surface area contributed by atoms with E-state index in [9.17, 15) is 13.6 Å². The topological polar surface area (TPSA) is 64.2 Å². The maximum Gasteiger partial charge on any atom is 0.275 e. The molecular weight excluding hydrogens is 450 g/mol. The van der Waals surface area contributed by atoms with E-state index in [1.165, 1.54) is 10.7 Å². The van der Waals surface area contributed by atoms with Crippen LogP contribution in [0.5, 0.6) is 0 Å². The van der Waals surface area contributed by atoms with E-state index < -0.39 is 11.6 Å². The highest BCUT2D eigenvalue weighted by atomic mass is 19.2. The van der Waals surface area contributed by atoms with E-state index in [1.54, 1.807) is 24.3 Å². The second-order valence-electron chi connectivity index (χ2n) is 8.88. The third kappa shape index (κ3) is 4.00. The molecule has 6 rings (SSSR count). The van der Waals surface area contributed by atoms with Gasteiger partial charge in [0.1, 0.15) is 5.52 Å². The van der Waals surface area contributed by atoms with Crippen LogP contribution in [0.2, 0.25) is 0 Å². The molecule has 176 valence electrons. The Morgan fingerprint density at radius 3 is 2.43 bits per heavy atom. The number of rotatable bonds is 4. The van der Waals surface area contributed by atoms with Crippen molar-refractivity contribution in [2.24, 2.45) is 0 Å². The molecule has 1 aliphatic heterocycles. The molecule has 0 radical (unpaired) electrons. The Kier molecular flexibility index (Phi) is 5.37. The second-order valence-corrected chi connectivity index (χ2v) is 8.88. The number of hydrogen-bond donors (Lipinski definition) is 0. The molecule has 0 atom stereocenters. The number of oxazole rings is 1. The van der Waals surface area contributed by atoms with E-state index in [2.05, 4.69) is 15.0 Å². The molecule has 0 N–H and O–H groups in total. The van der Waals surface area contributed by atoms with Crippen molar-refractivity contribution >= 4 is 21.9 Å². The molecule has 1 fully saturated rings. The van der Waals surface area contributed by atoms with Gasteiger partial charge in [0.05, 0.1) is 17.7 Å². The van der Waals surface area contributed by atoms with Gasteiger partial charge >= 0.3 is 0 Å². The lowest BCUT2D eigenvalue weighted by atomic mass is 9.97. The van der Waals surface area contributed by atoms with Gasteiger partial charge in [-0.2, -0.15) is 5.10 Å². The van der Waals surface area contributed by atoms with Crippen LogP contribution in [0.25, 0.3) is 33.1 Å². The Morgan fingerprint density at radius 1 is 0.914 bits per heavy atom. The van der Waals surface area contributed by atoms with Crippen LogP contribution in [0.1, 0.15) is 24.7 Å². The fourth-order valence-corrected chi connectivity index (χ4v) is 4.76. The summed E-state index contributed by atoms with van der Waals surface area (Å²) in [5.41, 5.74) is 2.31. The lowest BCUT2D eigenvalue weighted by Crippen LogP contribution is -2.38. The lowest BCUT2D eigenvalue weighted by molar-refractivity contribution is 0.152. The maximum atomic E-state index is 14.0. The molecule has 0 aliphatic carbocycles. The molecule has 0 unspecified atom stereocenters. The SMILES string of the molecule is O=c1c2ccccc2c(-c2ccc(F)c(F)c2)nn1CN1CCC(c2nc3ccccc3o2)CC1. The van der Waals surface area contributed by atoms with Gasteiger partial charge < -0.3 is 4.42 Å². The number of piperidine rings is 1. The molecular formula is C27H22F2N4O2. The number of para-hydroxylation sites is 2. The van der Waals surface area contributed by atoms with Gasteiger partial charge in [0.15, 0.2) is 23.1 Å². The zero-order valence-electron chi connectivity index (χ0n) is 18.8. The molecule has 5 aromatic rings. The van der Waals surface area contributed by atoms with Crippen molar-refractivity contribution < 1.29 is 13.2 Å². The minimum atomic E-state index is -0.951. The fraction of sp³-hybridized carbons (Fsp3) is 0.222. The van der Waals surface area contributed by atoms with Crippen molar-refractivity contribution in [2.75, 3.05) is 13.1 Å². The van der Waals surface area contributed by atoms with Crippen molar-refractivity contribution in [3.63, 3.8) is 0 Å². The zero-order chi connectivity index (χ0) is 23.9. The first-order chi connectivity index (χ1) is 17.1. The van der Waals surface area contributed by atoms with Crippen LogP contribution in [0.4, 0.5) is 8.78 Å². The molecule has 8 heteroatoms. The summed E-state index contributed by atoms with van der Waals surface area (Å²) in [6.45, 7) is 1.82. The van der Waals surface area contributed by atoms with Crippen molar-refractivity contribution in [3.8, 4) is 11.3 Å². The van der Waals surface area contributed by atoms with E-state index in [1.807, 2.05) is 24.3 Å². The van der Waals surface area contributed by atoms with Gasteiger partial charge in [-0.05, 0) is 49.2 Å². The average Bonchev–Trinajstić information content (AvgIpc) is 3.32. The monoisotopic (exact) mass is 472 g/mol. The third-order valence-electron chi connectivity index (χ3n) is 6.64. The lowest BCUT2D eigenvalue weighted by Gasteiger charge is -2.30. The molecule has 3 heterocycles. The highest BCUT2D eigenvalue weighted by molar-refractivity contribution is 5.93. The van der Waals surface area contributed by atoms with Crippen LogP contribution in [-0.2, 0) is 6.67 Å². The molecule has 6 nitrogen and oxygen atoms in total. The number of fused-ring (bicyclic) bond motifs is 2. The number of likely N-dealkylation sites (tertiary alicyclic amines) is 1. The Hall–Kier alpha value is -3.91. The zero-order valence-corrected chi connectivity index (χ0v) is 18.8. The van der Waals surface area contributed by atoms with Crippen LogP contribution >= 0.6 is 0 Å². The van der Waals surface area contributed by atoms with E-state index >= 15 is 0 Å². The summed E-state index contributed by atoms with van der Waals surface area (Å²) < 4.78 is 34.9. The largest absolute Gasteiger partial charge is 0.440 e. The minimum Gasteiger partial charge on any atom is -0.440 e. The molecule has 3 aromatic carbocycles. The average molecular weight is 472 g/mol. The van der Waals surface area contributed by atoms with Gasteiger partial charge in [0, 0.05) is 30.0 Å². The normalized spacial score (nSPS) is 15.3. The highest BCUT2D eigenvalue weighted by Gasteiger charge is 2.25. The molecule has 1 aliphatic rings. The summed E-state index contributed by atoms with van der Waals surface area (Å²) in [5.74, 6) is -0.897. The molecule has 0 amide bonds. The summed E-state index contributed by atoms with van der Waals surface area (Å²) in [4.78, 5) is 20.0. The fourth-order valence-electron chi connectivity index (χ4n) is 4.76. The van der Waals surface area contributed by atoms with Crippen molar-refractivity contribution in [1.29, 1.82) is 0 Å². The van der Waals surface area contributed by atoms with Crippen LogP contribution in [0.15, 0.2) is 75.9 Å². The summed E-state index contributed by atoms with van der Waals surface area (Å²) in [5, 5.41) is 5.68. The van der Waals surface area contributed by atoms with Crippen molar-refractivity contribution in [3.05, 3.63) is 94.6 Å². The van der Waals surface area contributed by atoms with Gasteiger partial charge in [-0.25, -0.2) is 18.4 Å². The standard InChI is InChI=1S/C27H22F2N4O2/c28-21-10-9-18(15-22(21)29)25-19-5-1-2-6-20(19)27(34)33(31-25)16-32-13-11-17(12-14-32)26-30-23-7-3-4-8-24(23)35-26/h1-10,15,17H,11-14,16H2. The molecule has 0 bridgehead atoms. The van der Waals surface area contributed by atoms with E-state index in [-0.39, 0.29) is 11.5 Å². The number of halogens is 2. The Balaban J connectivity index is 1.27. The van der Waals surface area contributed by atoms with Crippen LogP contribution in [0.3, 0.4) is 0 Å². The summed E-state index contributed by atoms with van der Waals surface area (Å²) >= 11 is 0. The highest BCUT2D eigenvalue weighted by Crippen LogP contribution is 2.30. The number of aromatic nitrogens is 3. The van der Waals surface area contributed by atoms with Crippen molar-refractivity contribution in [2.45, 2.75) is 25.4 Å². The minimum absolute atomic E-state index is 0.215. The van der Waals surface area contributed by atoms with Crippen molar-refractivity contribution in [1.82, 2.24) is 19.7 Å². The van der Waals surface area contributed by atoms with Gasteiger partial charge in [-0.15, -0.1) is 0 Å². The van der Waals surface area contributed by atoms with Crippen LogP contribution in [0, 0.1) is 11.6 Å². The van der Waals surface area contributed by atoms with Gasteiger partial charge in [-0.3, -0.25) is 9.69 Å². The Morgan fingerprint density at radius 2 is 1.66 bits per heavy atom. The molecule has 1 saturated heterocycles. The first-order valence-electron chi connectivity index (χ1n) is 11.6. The molecule has 0 spiro atoms.